The maximum absolute atomic E-state index is 12.2. The lowest BCUT2D eigenvalue weighted by Crippen LogP contribution is -2.30. The molecule has 0 aliphatic heterocycles. The molecular weight excluding hydrogens is 244 g/mol. The van der Waals surface area contributed by atoms with Crippen LogP contribution in [0.1, 0.15) is 52.8 Å². The highest BCUT2D eigenvalue weighted by Crippen LogP contribution is 2.50. The zero-order valence-electron chi connectivity index (χ0n) is 10.6. The molecule has 19 heavy (non-hydrogen) atoms. The van der Waals surface area contributed by atoms with E-state index >= 15 is 0 Å². The standard InChI is InChI=1S/C15H16O4/c16-13(17)11-3-1-2-4-12(11)14(18)19-15-7-5-10(9-15)6-8-15/h1-4,10H,5-9H2,(H,16,17). The average Bonchev–Trinajstić information content (AvgIpc) is 2.98. The number of ether oxygens (including phenoxy) is 1. The third-order valence-electron chi connectivity index (χ3n) is 4.36. The lowest BCUT2D eigenvalue weighted by atomic mass is 9.97. The van der Waals surface area contributed by atoms with E-state index in [0.717, 1.165) is 32.1 Å². The Labute approximate surface area is 111 Å². The molecule has 2 aliphatic carbocycles. The molecule has 1 aromatic carbocycles. The summed E-state index contributed by atoms with van der Waals surface area (Å²) in [6.07, 6.45) is 5.01. The van der Waals surface area contributed by atoms with Crippen LogP contribution in [0.4, 0.5) is 0 Å². The smallest absolute Gasteiger partial charge is 0.339 e. The predicted molar refractivity (Wildman–Crippen MR) is 68.1 cm³/mol. The minimum Gasteiger partial charge on any atom is -0.478 e. The van der Waals surface area contributed by atoms with E-state index in [1.807, 2.05) is 0 Å². The van der Waals surface area contributed by atoms with E-state index in [0.29, 0.717) is 5.92 Å². The van der Waals surface area contributed by atoms with Crippen LogP contribution in [-0.4, -0.2) is 22.6 Å². The van der Waals surface area contributed by atoms with Crippen LogP contribution < -0.4 is 0 Å². The summed E-state index contributed by atoms with van der Waals surface area (Å²) in [4.78, 5) is 23.3. The number of rotatable bonds is 3. The zero-order chi connectivity index (χ0) is 13.5. The number of hydrogen-bond donors (Lipinski definition) is 1. The van der Waals surface area contributed by atoms with Crippen LogP contribution in [0, 0.1) is 5.92 Å². The van der Waals surface area contributed by atoms with Crippen molar-refractivity contribution in [2.24, 2.45) is 5.92 Å². The van der Waals surface area contributed by atoms with Gasteiger partial charge in [-0.2, -0.15) is 0 Å². The number of esters is 1. The Balaban J connectivity index is 1.83. The van der Waals surface area contributed by atoms with E-state index in [1.165, 1.54) is 12.1 Å². The lowest BCUT2D eigenvalue weighted by Gasteiger charge is -2.26. The van der Waals surface area contributed by atoms with Crippen molar-refractivity contribution in [3.63, 3.8) is 0 Å². The van der Waals surface area contributed by atoms with Gasteiger partial charge < -0.3 is 9.84 Å². The molecule has 0 aromatic heterocycles. The molecule has 1 N–H and O–H groups in total. The summed E-state index contributed by atoms with van der Waals surface area (Å²) in [6, 6.07) is 6.22. The molecule has 2 bridgehead atoms. The van der Waals surface area contributed by atoms with Crippen LogP contribution in [0.25, 0.3) is 0 Å². The zero-order valence-corrected chi connectivity index (χ0v) is 10.6. The highest BCUT2D eigenvalue weighted by molar-refractivity contribution is 6.02. The summed E-state index contributed by atoms with van der Waals surface area (Å²) in [5, 5.41) is 9.10. The van der Waals surface area contributed by atoms with Crippen LogP contribution in [0.3, 0.4) is 0 Å². The Hall–Kier alpha value is -1.84. The van der Waals surface area contributed by atoms with Crippen molar-refractivity contribution in [1.82, 2.24) is 0 Å². The summed E-state index contributed by atoms with van der Waals surface area (Å²) in [7, 11) is 0. The van der Waals surface area contributed by atoms with E-state index in [1.54, 1.807) is 12.1 Å². The predicted octanol–water partition coefficient (Wildman–Crippen LogP) is 2.87. The van der Waals surface area contributed by atoms with E-state index < -0.39 is 11.9 Å². The number of aromatic carboxylic acids is 1. The molecule has 0 spiro atoms. The van der Waals surface area contributed by atoms with Gasteiger partial charge in [-0.1, -0.05) is 12.1 Å². The molecule has 4 nitrogen and oxygen atoms in total. The van der Waals surface area contributed by atoms with E-state index in [9.17, 15) is 9.59 Å². The van der Waals surface area contributed by atoms with Crippen molar-refractivity contribution in [3.8, 4) is 0 Å². The van der Waals surface area contributed by atoms with E-state index in [2.05, 4.69) is 0 Å². The van der Waals surface area contributed by atoms with Crippen molar-refractivity contribution in [2.75, 3.05) is 0 Å². The topological polar surface area (TPSA) is 63.6 Å². The van der Waals surface area contributed by atoms with Crippen molar-refractivity contribution >= 4 is 11.9 Å². The molecule has 4 heteroatoms. The number of hydrogen-bond acceptors (Lipinski definition) is 3. The molecule has 3 rings (SSSR count). The summed E-state index contributed by atoms with van der Waals surface area (Å²) in [6.45, 7) is 0. The molecule has 0 unspecified atom stereocenters. The Morgan fingerprint density at radius 1 is 1.16 bits per heavy atom. The molecule has 2 fully saturated rings. The number of carbonyl (C=O) groups excluding carboxylic acids is 1. The molecule has 100 valence electrons. The number of carboxylic acid groups (broad SMARTS) is 1. The van der Waals surface area contributed by atoms with Gasteiger partial charge in [-0.05, 0) is 50.2 Å². The Bertz CT molecular complexity index is 527. The first-order valence-corrected chi connectivity index (χ1v) is 6.65. The molecule has 2 aliphatic rings. The first-order chi connectivity index (χ1) is 9.10. The molecule has 0 saturated heterocycles. The van der Waals surface area contributed by atoms with Crippen molar-refractivity contribution in [3.05, 3.63) is 35.4 Å². The first kappa shape index (κ1) is 12.2. The number of fused-ring (bicyclic) bond motifs is 2. The van der Waals surface area contributed by atoms with Gasteiger partial charge >= 0.3 is 11.9 Å². The van der Waals surface area contributed by atoms with E-state index in [-0.39, 0.29) is 16.7 Å². The van der Waals surface area contributed by atoms with Crippen LogP contribution >= 0.6 is 0 Å². The van der Waals surface area contributed by atoms with Gasteiger partial charge in [0.05, 0.1) is 11.1 Å². The Morgan fingerprint density at radius 2 is 1.79 bits per heavy atom. The molecule has 1 aromatic rings. The molecule has 0 atom stereocenters. The highest BCUT2D eigenvalue weighted by Gasteiger charge is 2.48. The van der Waals surface area contributed by atoms with Crippen LogP contribution in [0.15, 0.2) is 24.3 Å². The largest absolute Gasteiger partial charge is 0.478 e. The molecule has 0 heterocycles. The third-order valence-corrected chi connectivity index (χ3v) is 4.36. The summed E-state index contributed by atoms with van der Waals surface area (Å²) in [5.74, 6) is -0.913. The van der Waals surface area contributed by atoms with Gasteiger partial charge in [-0.3, -0.25) is 0 Å². The number of carboxylic acids is 1. The molecular formula is C15H16O4. The number of benzene rings is 1. The second-order valence-electron chi connectivity index (χ2n) is 5.57. The second kappa shape index (κ2) is 4.37. The first-order valence-electron chi connectivity index (χ1n) is 6.65. The summed E-state index contributed by atoms with van der Waals surface area (Å²) in [5.41, 5.74) is -0.163. The maximum Gasteiger partial charge on any atom is 0.339 e. The lowest BCUT2D eigenvalue weighted by molar-refractivity contribution is -0.0134. The minimum atomic E-state index is -1.10. The second-order valence-corrected chi connectivity index (χ2v) is 5.57. The van der Waals surface area contributed by atoms with Crippen LogP contribution in [0.2, 0.25) is 0 Å². The van der Waals surface area contributed by atoms with Crippen LogP contribution in [0.5, 0.6) is 0 Å². The van der Waals surface area contributed by atoms with Gasteiger partial charge in [0.2, 0.25) is 0 Å². The molecule has 2 saturated carbocycles. The summed E-state index contributed by atoms with van der Waals surface area (Å²) < 4.78 is 5.66. The van der Waals surface area contributed by atoms with Gasteiger partial charge in [0, 0.05) is 0 Å². The average molecular weight is 260 g/mol. The normalized spacial score (nSPS) is 28.3. The fraction of sp³-hybridized carbons (Fsp3) is 0.467. The summed E-state index contributed by atoms with van der Waals surface area (Å²) >= 11 is 0. The monoisotopic (exact) mass is 260 g/mol. The highest BCUT2D eigenvalue weighted by atomic mass is 16.6. The van der Waals surface area contributed by atoms with Gasteiger partial charge in [0.15, 0.2) is 0 Å². The van der Waals surface area contributed by atoms with Crippen molar-refractivity contribution in [2.45, 2.75) is 37.7 Å². The quantitative estimate of drug-likeness (QED) is 0.849. The van der Waals surface area contributed by atoms with E-state index in [4.69, 9.17) is 9.84 Å². The van der Waals surface area contributed by atoms with Gasteiger partial charge in [-0.15, -0.1) is 0 Å². The Morgan fingerprint density at radius 3 is 2.32 bits per heavy atom. The molecule has 0 radical (unpaired) electrons. The third kappa shape index (κ3) is 2.11. The van der Waals surface area contributed by atoms with Crippen molar-refractivity contribution in [1.29, 1.82) is 0 Å². The van der Waals surface area contributed by atoms with Gasteiger partial charge in [0.25, 0.3) is 0 Å². The fourth-order valence-electron chi connectivity index (χ4n) is 3.38. The SMILES string of the molecule is O=C(O)c1ccccc1C(=O)OC12CCC(CC1)C2. The minimum absolute atomic E-state index is 0.0106. The Kier molecular flexibility index (Phi) is 2.81. The van der Waals surface area contributed by atoms with Gasteiger partial charge in [-0.25, -0.2) is 9.59 Å². The maximum atomic E-state index is 12.2. The fourth-order valence-corrected chi connectivity index (χ4v) is 3.38. The molecule has 0 amide bonds. The van der Waals surface area contributed by atoms with Gasteiger partial charge in [0.1, 0.15) is 5.60 Å². The van der Waals surface area contributed by atoms with Crippen molar-refractivity contribution < 1.29 is 19.4 Å². The number of carbonyl (C=O) groups is 2. The van der Waals surface area contributed by atoms with Crippen LogP contribution in [-0.2, 0) is 4.74 Å².